The van der Waals surface area contributed by atoms with E-state index < -0.39 is 0 Å². The van der Waals surface area contributed by atoms with E-state index in [0.29, 0.717) is 23.8 Å². The van der Waals surface area contributed by atoms with Crippen LogP contribution in [0, 0.1) is 0 Å². The van der Waals surface area contributed by atoms with Crippen molar-refractivity contribution in [2.24, 2.45) is 0 Å². The van der Waals surface area contributed by atoms with Crippen LogP contribution >= 0.6 is 12.4 Å². The zero-order chi connectivity index (χ0) is 15.9. The SMILES string of the molecule is Cl.O=C(c1ccccc1)c1ccc(OCCC2CCCCN2)cc1. The molecule has 0 spiro atoms. The number of hydrogen-bond acceptors (Lipinski definition) is 3. The molecule has 1 unspecified atom stereocenters. The van der Waals surface area contributed by atoms with Crippen LogP contribution in [-0.2, 0) is 0 Å². The number of piperidine rings is 1. The van der Waals surface area contributed by atoms with Gasteiger partial charge < -0.3 is 10.1 Å². The van der Waals surface area contributed by atoms with E-state index in [1.165, 1.54) is 19.3 Å². The first-order valence-electron chi connectivity index (χ1n) is 8.39. The summed E-state index contributed by atoms with van der Waals surface area (Å²) in [5, 5.41) is 3.52. The highest BCUT2D eigenvalue weighted by Gasteiger charge is 2.12. The molecule has 1 saturated heterocycles. The van der Waals surface area contributed by atoms with Crippen molar-refractivity contribution in [1.82, 2.24) is 5.32 Å². The van der Waals surface area contributed by atoms with Gasteiger partial charge in [0.1, 0.15) is 5.75 Å². The molecule has 1 atom stereocenters. The fourth-order valence-electron chi connectivity index (χ4n) is 2.95. The van der Waals surface area contributed by atoms with Gasteiger partial charge in [-0.3, -0.25) is 4.79 Å². The molecular weight excluding hydrogens is 322 g/mol. The summed E-state index contributed by atoms with van der Waals surface area (Å²) in [5.74, 6) is 0.869. The lowest BCUT2D eigenvalue weighted by Gasteiger charge is -2.23. The number of carbonyl (C=O) groups excluding carboxylic acids is 1. The third-order valence-corrected chi connectivity index (χ3v) is 4.30. The van der Waals surface area contributed by atoms with E-state index in [1.807, 2.05) is 54.6 Å². The lowest BCUT2D eigenvalue weighted by atomic mass is 10.0. The molecule has 2 aromatic carbocycles. The Labute approximate surface area is 149 Å². The van der Waals surface area contributed by atoms with Crippen LogP contribution in [0.5, 0.6) is 5.75 Å². The van der Waals surface area contributed by atoms with Crippen molar-refractivity contribution in [3.63, 3.8) is 0 Å². The van der Waals surface area contributed by atoms with Crippen LogP contribution in [0.2, 0.25) is 0 Å². The fourth-order valence-corrected chi connectivity index (χ4v) is 2.95. The highest BCUT2D eigenvalue weighted by molar-refractivity contribution is 6.08. The number of halogens is 1. The smallest absolute Gasteiger partial charge is 0.193 e. The molecule has 0 bridgehead atoms. The van der Waals surface area contributed by atoms with Gasteiger partial charge in [0.15, 0.2) is 5.78 Å². The normalized spacial score (nSPS) is 16.9. The maximum absolute atomic E-state index is 12.3. The number of nitrogens with one attached hydrogen (secondary N) is 1. The van der Waals surface area contributed by atoms with E-state index in [9.17, 15) is 4.79 Å². The Morgan fingerprint density at radius 1 is 1.00 bits per heavy atom. The Morgan fingerprint density at radius 2 is 1.71 bits per heavy atom. The second kappa shape index (κ2) is 9.45. The van der Waals surface area contributed by atoms with Crippen molar-refractivity contribution in [3.05, 3.63) is 65.7 Å². The standard InChI is InChI=1S/C20H23NO2.ClH/c22-20(16-6-2-1-3-7-16)17-9-11-19(12-10-17)23-15-13-18-8-4-5-14-21-18;/h1-3,6-7,9-12,18,21H,4-5,8,13-15H2;1H. The molecule has 1 fully saturated rings. The summed E-state index contributed by atoms with van der Waals surface area (Å²) in [6.07, 6.45) is 4.88. The zero-order valence-electron chi connectivity index (χ0n) is 13.7. The van der Waals surface area contributed by atoms with Gasteiger partial charge in [-0.2, -0.15) is 0 Å². The molecule has 4 heteroatoms. The molecule has 3 rings (SSSR count). The van der Waals surface area contributed by atoms with Crippen LogP contribution in [0.15, 0.2) is 54.6 Å². The average molecular weight is 346 g/mol. The monoisotopic (exact) mass is 345 g/mol. The van der Waals surface area contributed by atoms with E-state index in [2.05, 4.69) is 5.32 Å². The number of ketones is 1. The average Bonchev–Trinajstić information content (AvgIpc) is 2.63. The van der Waals surface area contributed by atoms with Gasteiger partial charge in [-0.15, -0.1) is 12.4 Å². The molecule has 0 aliphatic carbocycles. The summed E-state index contributed by atoms with van der Waals surface area (Å²) >= 11 is 0. The second-order valence-electron chi connectivity index (χ2n) is 6.00. The van der Waals surface area contributed by atoms with Gasteiger partial charge in [-0.05, 0) is 50.1 Å². The van der Waals surface area contributed by atoms with E-state index in [-0.39, 0.29) is 18.2 Å². The number of hydrogen-bond donors (Lipinski definition) is 1. The molecule has 1 heterocycles. The molecule has 1 aliphatic heterocycles. The third-order valence-electron chi connectivity index (χ3n) is 4.30. The van der Waals surface area contributed by atoms with Crippen LogP contribution in [0.4, 0.5) is 0 Å². The molecule has 1 N–H and O–H groups in total. The van der Waals surface area contributed by atoms with Crippen LogP contribution in [0.25, 0.3) is 0 Å². The first kappa shape index (κ1) is 18.5. The van der Waals surface area contributed by atoms with Crippen molar-refractivity contribution < 1.29 is 9.53 Å². The molecule has 0 saturated carbocycles. The third kappa shape index (κ3) is 5.08. The van der Waals surface area contributed by atoms with Crippen LogP contribution in [0.3, 0.4) is 0 Å². The number of carbonyl (C=O) groups is 1. The van der Waals surface area contributed by atoms with Gasteiger partial charge in [-0.25, -0.2) is 0 Å². The summed E-state index contributed by atoms with van der Waals surface area (Å²) in [6, 6.07) is 17.4. The van der Waals surface area contributed by atoms with Crippen molar-refractivity contribution in [1.29, 1.82) is 0 Å². The predicted molar refractivity (Wildman–Crippen MR) is 99.3 cm³/mol. The molecule has 3 nitrogen and oxygen atoms in total. The highest BCUT2D eigenvalue weighted by atomic mass is 35.5. The molecular formula is C20H24ClNO2. The van der Waals surface area contributed by atoms with Crippen LogP contribution in [0.1, 0.15) is 41.6 Å². The summed E-state index contributed by atoms with van der Waals surface area (Å²) in [6.45, 7) is 1.84. The zero-order valence-corrected chi connectivity index (χ0v) is 14.6. The quantitative estimate of drug-likeness (QED) is 0.795. The van der Waals surface area contributed by atoms with E-state index in [4.69, 9.17) is 4.74 Å². The maximum atomic E-state index is 12.3. The van der Waals surface area contributed by atoms with Crippen molar-refractivity contribution in [2.45, 2.75) is 31.7 Å². The topological polar surface area (TPSA) is 38.3 Å². The highest BCUT2D eigenvalue weighted by Crippen LogP contribution is 2.17. The van der Waals surface area contributed by atoms with Crippen LogP contribution < -0.4 is 10.1 Å². The molecule has 0 aromatic heterocycles. The predicted octanol–water partition coefficient (Wildman–Crippen LogP) is 4.25. The lowest BCUT2D eigenvalue weighted by Crippen LogP contribution is -2.35. The number of ether oxygens (including phenoxy) is 1. The summed E-state index contributed by atoms with van der Waals surface area (Å²) in [4.78, 5) is 12.3. The van der Waals surface area contributed by atoms with Gasteiger partial charge in [0.05, 0.1) is 6.61 Å². The minimum atomic E-state index is 0. The Morgan fingerprint density at radius 3 is 2.38 bits per heavy atom. The van der Waals surface area contributed by atoms with Gasteiger partial charge in [-0.1, -0.05) is 36.8 Å². The largest absolute Gasteiger partial charge is 0.494 e. The van der Waals surface area contributed by atoms with Gasteiger partial charge >= 0.3 is 0 Å². The molecule has 2 aromatic rings. The van der Waals surface area contributed by atoms with Gasteiger partial charge in [0.2, 0.25) is 0 Å². The number of rotatable bonds is 6. The molecule has 24 heavy (non-hydrogen) atoms. The van der Waals surface area contributed by atoms with Crippen molar-refractivity contribution >= 4 is 18.2 Å². The summed E-state index contributed by atoms with van der Waals surface area (Å²) in [5.41, 5.74) is 1.40. The Hall–Kier alpha value is -1.84. The lowest BCUT2D eigenvalue weighted by molar-refractivity contribution is 0.103. The van der Waals surface area contributed by atoms with E-state index >= 15 is 0 Å². The Bertz CT molecular complexity index is 622. The maximum Gasteiger partial charge on any atom is 0.193 e. The summed E-state index contributed by atoms with van der Waals surface area (Å²) in [7, 11) is 0. The molecule has 1 aliphatic rings. The van der Waals surface area contributed by atoms with E-state index in [0.717, 1.165) is 18.7 Å². The minimum absolute atomic E-state index is 0. The first-order valence-corrected chi connectivity index (χ1v) is 8.39. The van der Waals surface area contributed by atoms with Crippen molar-refractivity contribution in [3.8, 4) is 5.75 Å². The Kier molecular flexibility index (Phi) is 7.29. The summed E-state index contributed by atoms with van der Waals surface area (Å²) < 4.78 is 5.80. The second-order valence-corrected chi connectivity index (χ2v) is 6.00. The molecule has 0 amide bonds. The Balaban J connectivity index is 0.00000208. The van der Waals surface area contributed by atoms with Gasteiger partial charge in [0.25, 0.3) is 0 Å². The van der Waals surface area contributed by atoms with Gasteiger partial charge in [0, 0.05) is 17.2 Å². The fraction of sp³-hybridized carbons (Fsp3) is 0.350. The first-order chi connectivity index (χ1) is 11.3. The number of benzene rings is 2. The molecule has 0 radical (unpaired) electrons. The minimum Gasteiger partial charge on any atom is -0.494 e. The van der Waals surface area contributed by atoms with Crippen molar-refractivity contribution in [2.75, 3.05) is 13.2 Å². The van der Waals surface area contributed by atoms with E-state index in [1.54, 1.807) is 0 Å². The molecule has 128 valence electrons. The van der Waals surface area contributed by atoms with Crippen LogP contribution in [-0.4, -0.2) is 25.0 Å².